The van der Waals surface area contributed by atoms with Crippen LogP contribution in [0.2, 0.25) is 0 Å². The van der Waals surface area contributed by atoms with Gasteiger partial charge in [0.25, 0.3) is 0 Å². The molecule has 1 rings (SSSR count). The van der Waals surface area contributed by atoms with Gasteiger partial charge in [-0.25, -0.2) is 9.18 Å². The summed E-state index contributed by atoms with van der Waals surface area (Å²) in [6, 6.07) is 1.28. The van der Waals surface area contributed by atoms with Crippen molar-refractivity contribution in [2.24, 2.45) is 0 Å². The van der Waals surface area contributed by atoms with E-state index in [1.807, 2.05) is 0 Å². The number of carbonyl (C=O) groups excluding carboxylic acids is 2. The van der Waals surface area contributed by atoms with Crippen LogP contribution in [0.1, 0.15) is 25.8 Å². The van der Waals surface area contributed by atoms with Gasteiger partial charge in [-0.3, -0.25) is 4.79 Å². The quantitative estimate of drug-likeness (QED) is 0.640. The normalized spacial score (nSPS) is 11.3. The summed E-state index contributed by atoms with van der Waals surface area (Å²) in [6.07, 6.45) is -5.22. The zero-order chi connectivity index (χ0) is 17.6. The van der Waals surface area contributed by atoms with Crippen LogP contribution < -0.4 is 10.6 Å². The fraction of sp³-hybridized carbons (Fsp3) is 0.429. The number of benzene rings is 1. The Bertz CT molecular complexity index is 574. The summed E-state index contributed by atoms with van der Waals surface area (Å²) in [7, 11) is 0. The van der Waals surface area contributed by atoms with Crippen molar-refractivity contribution in [1.29, 1.82) is 0 Å². The van der Waals surface area contributed by atoms with Gasteiger partial charge in [-0.15, -0.1) is 0 Å². The molecule has 5 nitrogen and oxygen atoms in total. The summed E-state index contributed by atoms with van der Waals surface area (Å²) in [4.78, 5) is 22.7. The topological polar surface area (TPSA) is 67.4 Å². The first kappa shape index (κ1) is 18.7. The third-order valence-corrected chi connectivity index (χ3v) is 2.51. The molecule has 23 heavy (non-hydrogen) atoms. The van der Waals surface area contributed by atoms with E-state index in [0.717, 1.165) is 6.07 Å². The highest BCUT2D eigenvalue weighted by atomic mass is 19.4. The van der Waals surface area contributed by atoms with E-state index in [0.29, 0.717) is 12.1 Å². The van der Waals surface area contributed by atoms with E-state index in [1.54, 1.807) is 13.8 Å². The average Bonchev–Trinajstić information content (AvgIpc) is 2.38. The predicted octanol–water partition coefficient (Wildman–Crippen LogP) is 3.31. The molecule has 1 aromatic carbocycles. The van der Waals surface area contributed by atoms with Crippen molar-refractivity contribution >= 4 is 17.7 Å². The number of carbonyl (C=O) groups is 2. The average molecular weight is 336 g/mol. The largest absolute Gasteiger partial charge is 0.463 e. The first-order chi connectivity index (χ1) is 10.6. The van der Waals surface area contributed by atoms with E-state index >= 15 is 0 Å². The Hall–Kier alpha value is -2.32. The van der Waals surface area contributed by atoms with Crippen molar-refractivity contribution in [3.05, 3.63) is 29.6 Å². The van der Waals surface area contributed by atoms with Gasteiger partial charge < -0.3 is 15.4 Å². The number of alkyl halides is 3. The van der Waals surface area contributed by atoms with Crippen LogP contribution in [0.3, 0.4) is 0 Å². The van der Waals surface area contributed by atoms with Crippen molar-refractivity contribution in [2.75, 3.05) is 11.9 Å². The molecule has 0 unspecified atom stereocenters. The molecule has 0 radical (unpaired) electrons. The fourth-order valence-corrected chi connectivity index (χ4v) is 1.60. The maximum atomic E-state index is 13.1. The number of hydrogen-bond acceptors (Lipinski definition) is 3. The Labute approximate surface area is 130 Å². The van der Waals surface area contributed by atoms with Crippen molar-refractivity contribution in [3.8, 4) is 0 Å². The molecule has 0 fully saturated rings. The highest BCUT2D eigenvalue weighted by Crippen LogP contribution is 2.32. The molecular formula is C14H16F4N2O3. The lowest BCUT2D eigenvalue weighted by Gasteiger charge is -2.12. The standard InChI is InChI=1S/C14H16F4N2O3/c1-8(2)23-12(21)5-6-19-13(22)20-9-3-4-11(15)10(7-9)14(16,17)18/h3-4,7-8H,5-6H2,1-2H3,(H2,19,20,22). The number of amides is 2. The summed E-state index contributed by atoms with van der Waals surface area (Å²) in [5.74, 6) is -1.94. The Balaban J connectivity index is 2.54. The van der Waals surface area contributed by atoms with Gasteiger partial charge in [0.15, 0.2) is 0 Å². The minimum Gasteiger partial charge on any atom is -0.463 e. The van der Waals surface area contributed by atoms with Gasteiger partial charge >= 0.3 is 18.2 Å². The van der Waals surface area contributed by atoms with Gasteiger partial charge in [0.05, 0.1) is 18.1 Å². The first-order valence-corrected chi connectivity index (χ1v) is 6.70. The molecule has 0 spiro atoms. The van der Waals surface area contributed by atoms with E-state index in [-0.39, 0.29) is 24.8 Å². The van der Waals surface area contributed by atoms with Crippen molar-refractivity contribution in [1.82, 2.24) is 5.32 Å². The van der Waals surface area contributed by atoms with E-state index in [9.17, 15) is 27.2 Å². The Morgan fingerprint density at radius 1 is 1.26 bits per heavy atom. The lowest BCUT2D eigenvalue weighted by molar-refractivity contribution is -0.147. The maximum Gasteiger partial charge on any atom is 0.419 e. The van der Waals surface area contributed by atoms with Crippen molar-refractivity contribution < 1.29 is 31.9 Å². The minimum atomic E-state index is -4.86. The molecule has 0 aliphatic heterocycles. The highest BCUT2D eigenvalue weighted by Gasteiger charge is 2.34. The molecule has 0 aromatic heterocycles. The molecule has 1 aromatic rings. The monoisotopic (exact) mass is 336 g/mol. The molecule has 9 heteroatoms. The number of anilines is 1. The third kappa shape index (κ3) is 6.54. The summed E-state index contributed by atoms with van der Waals surface area (Å²) < 4.78 is 55.6. The predicted molar refractivity (Wildman–Crippen MR) is 74.3 cm³/mol. The van der Waals surface area contributed by atoms with Crippen LogP contribution >= 0.6 is 0 Å². The fourth-order valence-electron chi connectivity index (χ4n) is 1.60. The first-order valence-electron chi connectivity index (χ1n) is 6.70. The minimum absolute atomic E-state index is 0.0509. The summed E-state index contributed by atoms with van der Waals surface area (Å²) >= 11 is 0. The maximum absolute atomic E-state index is 13.1. The Kier molecular flexibility index (Phi) is 6.35. The molecule has 0 bridgehead atoms. The van der Waals surface area contributed by atoms with Gasteiger partial charge in [-0.05, 0) is 32.0 Å². The second kappa shape index (κ2) is 7.80. The summed E-state index contributed by atoms with van der Waals surface area (Å²) in [6.45, 7) is 3.29. The zero-order valence-corrected chi connectivity index (χ0v) is 12.5. The smallest absolute Gasteiger partial charge is 0.419 e. The number of rotatable bonds is 5. The summed E-state index contributed by atoms with van der Waals surface area (Å²) in [5.41, 5.74) is -1.70. The number of nitrogens with one attached hydrogen (secondary N) is 2. The number of urea groups is 1. The molecule has 0 heterocycles. The molecule has 128 valence electrons. The van der Waals surface area contributed by atoms with Gasteiger partial charge in [0.1, 0.15) is 5.82 Å². The molecule has 2 N–H and O–H groups in total. The van der Waals surface area contributed by atoms with E-state index in [4.69, 9.17) is 4.74 Å². The van der Waals surface area contributed by atoms with Gasteiger partial charge in [-0.2, -0.15) is 13.2 Å². The second-order valence-electron chi connectivity index (χ2n) is 4.86. The van der Waals surface area contributed by atoms with E-state index in [2.05, 4.69) is 10.6 Å². The number of esters is 1. The van der Waals surface area contributed by atoms with Crippen LogP contribution in [-0.2, 0) is 15.7 Å². The highest BCUT2D eigenvalue weighted by molar-refractivity contribution is 5.89. The SMILES string of the molecule is CC(C)OC(=O)CCNC(=O)Nc1ccc(F)c(C(F)(F)F)c1. The second-order valence-corrected chi connectivity index (χ2v) is 4.86. The zero-order valence-electron chi connectivity index (χ0n) is 12.5. The van der Waals surface area contributed by atoms with Crippen LogP contribution in [0.5, 0.6) is 0 Å². The molecule has 0 saturated heterocycles. The van der Waals surface area contributed by atoms with Crippen LogP contribution in [0.15, 0.2) is 18.2 Å². The Morgan fingerprint density at radius 2 is 1.91 bits per heavy atom. The van der Waals surface area contributed by atoms with Crippen LogP contribution in [0.4, 0.5) is 28.0 Å². The van der Waals surface area contributed by atoms with E-state index < -0.39 is 29.6 Å². The van der Waals surface area contributed by atoms with Crippen LogP contribution in [0, 0.1) is 5.82 Å². The molecule has 2 amide bonds. The Morgan fingerprint density at radius 3 is 2.48 bits per heavy atom. The van der Waals surface area contributed by atoms with E-state index in [1.165, 1.54) is 0 Å². The molecule has 0 aliphatic rings. The molecular weight excluding hydrogens is 320 g/mol. The lowest BCUT2D eigenvalue weighted by atomic mass is 10.2. The summed E-state index contributed by atoms with van der Waals surface area (Å²) in [5, 5.41) is 4.41. The van der Waals surface area contributed by atoms with Gasteiger partial charge in [-0.1, -0.05) is 0 Å². The number of ether oxygens (including phenoxy) is 1. The molecule has 0 aliphatic carbocycles. The van der Waals surface area contributed by atoms with Crippen molar-refractivity contribution in [3.63, 3.8) is 0 Å². The molecule has 0 saturated carbocycles. The van der Waals surface area contributed by atoms with Crippen LogP contribution in [0.25, 0.3) is 0 Å². The number of hydrogen-bond donors (Lipinski definition) is 2. The van der Waals surface area contributed by atoms with Crippen LogP contribution in [-0.4, -0.2) is 24.6 Å². The van der Waals surface area contributed by atoms with Gasteiger partial charge in [0, 0.05) is 12.2 Å². The van der Waals surface area contributed by atoms with Gasteiger partial charge in [0.2, 0.25) is 0 Å². The number of halogens is 4. The molecule has 0 atom stereocenters. The van der Waals surface area contributed by atoms with Crippen molar-refractivity contribution in [2.45, 2.75) is 32.5 Å². The lowest BCUT2D eigenvalue weighted by Crippen LogP contribution is -2.31. The third-order valence-electron chi connectivity index (χ3n) is 2.51.